The number of piperidine rings is 1. The Balaban J connectivity index is 0.000000753. The lowest BCUT2D eigenvalue weighted by molar-refractivity contribution is -0.193. The van der Waals surface area contributed by atoms with E-state index in [4.69, 9.17) is 34.4 Å². The van der Waals surface area contributed by atoms with Crippen LogP contribution in [0.15, 0.2) is 24.4 Å². The van der Waals surface area contributed by atoms with Crippen molar-refractivity contribution in [3.05, 3.63) is 30.1 Å². The largest absolute Gasteiger partial charge is 0.490 e. The van der Waals surface area contributed by atoms with Crippen LogP contribution in [-0.4, -0.2) is 125 Å². The molecule has 1 spiro atoms. The summed E-state index contributed by atoms with van der Waals surface area (Å²) in [5, 5.41) is 24.1. The summed E-state index contributed by atoms with van der Waals surface area (Å²) in [6.45, 7) is 6.71. The Kier molecular flexibility index (Phi) is 16.8. The lowest BCUT2D eigenvalue weighted by atomic mass is 9.80. The number of carboxylic acids is 3. The van der Waals surface area contributed by atoms with Gasteiger partial charge in [0, 0.05) is 44.8 Å². The Morgan fingerprint density at radius 1 is 0.867 bits per heavy atom. The van der Waals surface area contributed by atoms with Crippen LogP contribution in [0.2, 0.25) is 0 Å². The summed E-state index contributed by atoms with van der Waals surface area (Å²) in [5.74, 6) is -8.19. The molecule has 3 rings (SSSR count). The molecule has 1 atom stereocenters. The maximum absolute atomic E-state index is 11.8. The molecule has 0 aromatic carbocycles. The highest BCUT2D eigenvalue weighted by Gasteiger charge is 2.40. The molecule has 1 aromatic heterocycles. The molecule has 1 aromatic rings. The van der Waals surface area contributed by atoms with E-state index in [1.165, 1.54) is 6.42 Å². The predicted molar refractivity (Wildman–Crippen MR) is 134 cm³/mol. The number of nitrogens with zero attached hydrogens (tertiary/aromatic N) is 3. The zero-order valence-corrected chi connectivity index (χ0v) is 23.5. The van der Waals surface area contributed by atoms with Crippen molar-refractivity contribution in [1.82, 2.24) is 20.1 Å². The highest BCUT2D eigenvalue weighted by molar-refractivity contribution is 5.77. The topological polar surface area (TPSA) is 170 Å². The fourth-order valence-electron chi connectivity index (χ4n) is 3.91. The van der Waals surface area contributed by atoms with Gasteiger partial charge in [-0.25, -0.2) is 14.4 Å². The molecule has 2 aliphatic heterocycles. The van der Waals surface area contributed by atoms with Gasteiger partial charge in [0.1, 0.15) is 0 Å². The number of hydrogen-bond donors (Lipinski definition) is 4. The third-order valence-electron chi connectivity index (χ3n) is 5.74. The summed E-state index contributed by atoms with van der Waals surface area (Å²) >= 11 is 0. The Labute approximate surface area is 249 Å². The fraction of sp³-hybridized carbons (Fsp3) is 0.625. The van der Waals surface area contributed by atoms with Crippen molar-refractivity contribution < 1.29 is 78.7 Å². The molecule has 0 aliphatic carbocycles. The first-order valence-electron chi connectivity index (χ1n) is 12.6. The number of likely N-dealkylation sites (tertiary alicyclic amines) is 1. The number of hydrogen-bond acceptors (Lipinski definition) is 8. The number of likely N-dealkylation sites (N-methyl/N-ethyl adjacent to an activating group) is 1. The van der Waals surface area contributed by atoms with Crippen LogP contribution in [0.4, 0.5) is 39.5 Å². The maximum Gasteiger partial charge on any atom is 0.490 e. The number of ether oxygens (including phenoxy) is 1. The van der Waals surface area contributed by atoms with Crippen LogP contribution in [0, 0.1) is 5.41 Å². The lowest BCUT2D eigenvalue weighted by Crippen LogP contribution is -2.51. The summed E-state index contributed by atoms with van der Waals surface area (Å²) in [5.41, 5.74) is 1.24. The third-order valence-corrected chi connectivity index (χ3v) is 5.74. The van der Waals surface area contributed by atoms with Crippen LogP contribution in [0.25, 0.3) is 0 Å². The van der Waals surface area contributed by atoms with Gasteiger partial charge in [0.25, 0.3) is 0 Å². The van der Waals surface area contributed by atoms with Gasteiger partial charge in [-0.3, -0.25) is 19.6 Å². The second kappa shape index (κ2) is 18.3. The van der Waals surface area contributed by atoms with Crippen molar-refractivity contribution in [3.8, 4) is 0 Å². The first-order chi connectivity index (χ1) is 20.5. The molecule has 45 heavy (non-hydrogen) atoms. The number of carbonyl (C=O) groups is 4. The van der Waals surface area contributed by atoms with Crippen LogP contribution in [-0.2, 0) is 30.5 Å². The number of pyridine rings is 1. The van der Waals surface area contributed by atoms with Gasteiger partial charge in [-0.1, -0.05) is 6.07 Å². The normalized spacial score (nSPS) is 19.2. The number of carboxylic acid groups (broad SMARTS) is 3. The van der Waals surface area contributed by atoms with Gasteiger partial charge >= 0.3 is 36.4 Å². The van der Waals surface area contributed by atoms with Crippen LogP contribution in [0.1, 0.15) is 18.5 Å². The van der Waals surface area contributed by atoms with E-state index < -0.39 is 36.4 Å². The standard InChI is InChI=1S/C18H28N4O2.3C2HF3O2/c1-19-17(23)12-22-9-10-24-15-18(14-22)6-4-8-21(13-18)11-16-5-2-3-7-20-16;3*3-2(4,5)1(6)7/h2-3,5,7H,4,6,8-15H2,1H3,(H,19,23);3*(H,6,7). The molecule has 12 nitrogen and oxygen atoms in total. The number of amides is 1. The molecule has 2 aliphatic rings. The molecular weight excluding hydrogens is 643 g/mol. The van der Waals surface area contributed by atoms with E-state index >= 15 is 0 Å². The third kappa shape index (κ3) is 18.0. The summed E-state index contributed by atoms with van der Waals surface area (Å²) in [7, 11) is 1.70. The molecule has 2 fully saturated rings. The molecule has 21 heteroatoms. The van der Waals surface area contributed by atoms with Gasteiger partial charge in [-0.2, -0.15) is 39.5 Å². The van der Waals surface area contributed by atoms with E-state index in [0.29, 0.717) is 13.2 Å². The number of aliphatic carboxylic acids is 3. The molecule has 258 valence electrons. The Hall–Kier alpha value is -3.72. The molecule has 0 radical (unpaired) electrons. The molecule has 3 heterocycles. The lowest BCUT2D eigenvalue weighted by Gasteiger charge is -2.43. The van der Waals surface area contributed by atoms with Crippen LogP contribution >= 0.6 is 0 Å². The van der Waals surface area contributed by atoms with E-state index in [0.717, 1.165) is 51.4 Å². The first-order valence-corrected chi connectivity index (χ1v) is 12.6. The van der Waals surface area contributed by atoms with Gasteiger partial charge in [0.2, 0.25) is 5.91 Å². The molecule has 1 amide bonds. The van der Waals surface area contributed by atoms with Crippen molar-refractivity contribution in [1.29, 1.82) is 0 Å². The van der Waals surface area contributed by atoms with Gasteiger partial charge < -0.3 is 25.4 Å². The van der Waals surface area contributed by atoms with Crippen molar-refractivity contribution in [2.24, 2.45) is 5.41 Å². The van der Waals surface area contributed by atoms with Crippen molar-refractivity contribution in [2.45, 2.75) is 37.9 Å². The first kappa shape index (κ1) is 41.3. The minimum absolute atomic E-state index is 0.0770. The van der Waals surface area contributed by atoms with Gasteiger partial charge in [-0.15, -0.1) is 0 Å². The number of rotatable bonds is 4. The molecule has 0 bridgehead atoms. The maximum atomic E-state index is 11.8. The van der Waals surface area contributed by atoms with E-state index in [2.05, 4.69) is 26.2 Å². The average molecular weight is 675 g/mol. The second-order valence-corrected chi connectivity index (χ2v) is 9.48. The highest BCUT2D eigenvalue weighted by Crippen LogP contribution is 2.33. The number of alkyl halides is 9. The molecular formula is C24H31F9N4O8. The van der Waals surface area contributed by atoms with Crippen molar-refractivity contribution >= 4 is 23.8 Å². The number of nitrogens with one attached hydrogen (secondary N) is 1. The monoisotopic (exact) mass is 674 g/mol. The highest BCUT2D eigenvalue weighted by atomic mass is 19.4. The molecule has 0 saturated carbocycles. The number of aromatic nitrogens is 1. The van der Waals surface area contributed by atoms with Gasteiger partial charge in [0.15, 0.2) is 0 Å². The minimum Gasteiger partial charge on any atom is -0.475 e. The SMILES string of the molecule is CNC(=O)CN1CCOCC2(CCCN(Cc3ccccn3)C2)C1.O=C(O)C(F)(F)F.O=C(O)C(F)(F)F.O=C(O)C(F)(F)F. The quantitative estimate of drug-likeness (QED) is 0.347. The van der Waals surface area contributed by atoms with Gasteiger partial charge in [0.05, 0.1) is 25.5 Å². The van der Waals surface area contributed by atoms with Crippen LogP contribution in [0.3, 0.4) is 0 Å². The zero-order chi connectivity index (χ0) is 35.1. The molecule has 2 saturated heterocycles. The number of halogens is 9. The molecule has 4 N–H and O–H groups in total. The summed E-state index contributed by atoms with van der Waals surface area (Å²) < 4.78 is 101. The summed E-state index contributed by atoms with van der Waals surface area (Å²) in [6.07, 6.45) is -11.1. The van der Waals surface area contributed by atoms with Crippen LogP contribution in [0.5, 0.6) is 0 Å². The molecule has 1 unspecified atom stereocenters. The van der Waals surface area contributed by atoms with E-state index in [9.17, 15) is 44.3 Å². The van der Waals surface area contributed by atoms with Crippen LogP contribution < -0.4 is 5.32 Å². The average Bonchev–Trinajstić information content (AvgIpc) is 3.10. The predicted octanol–water partition coefficient (Wildman–Crippen LogP) is 2.64. The van der Waals surface area contributed by atoms with Crippen molar-refractivity contribution in [3.63, 3.8) is 0 Å². The minimum atomic E-state index is -5.08. The van der Waals surface area contributed by atoms with Crippen molar-refractivity contribution in [2.75, 3.05) is 53.0 Å². The zero-order valence-electron chi connectivity index (χ0n) is 23.5. The van der Waals surface area contributed by atoms with E-state index in [1.54, 1.807) is 7.05 Å². The smallest absolute Gasteiger partial charge is 0.475 e. The van der Waals surface area contributed by atoms with E-state index in [1.807, 2.05) is 18.3 Å². The Morgan fingerprint density at radius 2 is 1.36 bits per heavy atom. The van der Waals surface area contributed by atoms with E-state index in [-0.39, 0.29) is 11.3 Å². The Bertz CT molecular complexity index is 1030. The number of carbonyl (C=O) groups excluding carboxylic acids is 1. The van der Waals surface area contributed by atoms with Gasteiger partial charge in [-0.05, 0) is 31.5 Å². The summed E-state index contributed by atoms with van der Waals surface area (Å²) in [6, 6.07) is 6.08. The Morgan fingerprint density at radius 3 is 1.78 bits per heavy atom. The second-order valence-electron chi connectivity index (χ2n) is 9.48. The fourth-order valence-corrected chi connectivity index (χ4v) is 3.91. The summed E-state index contributed by atoms with van der Waals surface area (Å²) in [4.78, 5) is 47.6.